The van der Waals surface area contributed by atoms with E-state index in [9.17, 15) is 9.59 Å². The molecular weight excluding hydrogens is 386 g/mol. The summed E-state index contributed by atoms with van der Waals surface area (Å²) in [5, 5.41) is 0. The highest BCUT2D eigenvalue weighted by atomic mass is 16.6. The van der Waals surface area contributed by atoms with Crippen LogP contribution in [0.3, 0.4) is 0 Å². The first kappa shape index (κ1) is 20.7. The molecule has 4 atom stereocenters. The maximum absolute atomic E-state index is 12.9. The van der Waals surface area contributed by atoms with Gasteiger partial charge in [0.25, 0.3) is 0 Å². The molecule has 1 aromatic carbocycles. The van der Waals surface area contributed by atoms with Gasteiger partial charge in [-0.1, -0.05) is 43.3 Å². The Bertz CT molecular complexity index is 925. The number of carbonyl (C=O) groups is 2. The monoisotopic (exact) mass is 419 g/mol. The van der Waals surface area contributed by atoms with Crippen LogP contribution in [0.25, 0.3) is 0 Å². The summed E-state index contributed by atoms with van der Waals surface area (Å²) in [4.78, 5) is 27.7. The second-order valence-electron chi connectivity index (χ2n) is 10.3. The molecular formula is C27H33NO3. The topological polar surface area (TPSA) is 46.6 Å². The van der Waals surface area contributed by atoms with E-state index < -0.39 is 0 Å². The molecule has 4 aliphatic rings. The summed E-state index contributed by atoms with van der Waals surface area (Å²) in [6.45, 7) is 6.99. The van der Waals surface area contributed by atoms with Crippen LogP contribution in [0.2, 0.25) is 0 Å². The average molecular weight is 420 g/mol. The summed E-state index contributed by atoms with van der Waals surface area (Å²) in [6, 6.07) is 10.8. The van der Waals surface area contributed by atoms with Gasteiger partial charge in [0.1, 0.15) is 6.10 Å². The largest absolute Gasteiger partial charge is 0.457 e. The molecule has 2 aliphatic heterocycles. The lowest BCUT2D eigenvalue weighted by molar-refractivity contribution is -0.144. The van der Waals surface area contributed by atoms with Crippen molar-refractivity contribution in [2.75, 3.05) is 19.6 Å². The van der Waals surface area contributed by atoms with Gasteiger partial charge in [-0.25, -0.2) is 0 Å². The van der Waals surface area contributed by atoms with E-state index >= 15 is 0 Å². The minimum atomic E-state index is -0.222. The first-order valence-electron chi connectivity index (χ1n) is 11.9. The van der Waals surface area contributed by atoms with Crippen LogP contribution >= 0.6 is 0 Å². The maximum Gasteiger partial charge on any atom is 0.311 e. The molecule has 1 unspecified atom stereocenters. The Balaban J connectivity index is 1.23. The molecule has 1 aromatic rings. The Labute approximate surface area is 185 Å². The number of benzene rings is 1. The Morgan fingerprint density at radius 2 is 1.84 bits per heavy atom. The number of rotatable bonds is 4. The number of fused-ring (bicyclic) bond motifs is 3. The van der Waals surface area contributed by atoms with Crippen molar-refractivity contribution >= 4 is 11.8 Å². The quantitative estimate of drug-likeness (QED) is 0.681. The number of ketones is 1. The molecule has 0 N–H and O–H groups in total. The minimum absolute atomic E-state index is 0.0621. The first-order chi connectivity index (χ1) is 14.9. The second kappa shape index (κ2) is 8.05. The van der Waals surface area contributed by atoms with Crippen LogP contribution < -0.4 is 0 Å². The number of likely N-dealkylation sites (tertiary alicyclic amines) is 1. The van der Waals surface area contributed by atoms with Gasteiger partial charge in [-0.05, 0) is 75.2 Å². The maximum atomic E-state index is 12.9. The third kappa shape index (κ3) is 3.80. The molecule has 0 amide bonds. The molecule has 4 heteroatoms. The second-order valence-corrected chi connectivity index (χ2v) is 10.3. The van der Waals surface area contributed by atoms with Crippen molar-refractivity contribution in [3.8, 4) is 0 Å². The summed E-state index contributed by atoms with van der Waals surface area (Å²) >= 11 is 0. The molecule has 2 saturated heterocycles. The summed E-state index contributed by atoms with van der Waals surface area (Å²) in [6.07, 6.45) is 9.01. The molecule has 2 aliphatic carbocycles. The summed E-state index contributed by atoms with van der Waals surface area (Å²) in [5.41, 5.74) is 3.13. The predicted octanol–water partition coefficient (Wildman–Crippen LogP) is 4.35. The van der Waals surface area contributed by atoms with Crippen molar-refractivity contribution in [3.63, 3.8) is 0 Å². The smallest absolute Gasteiger partial charge is 0.311 e. The Morgan fingerprint density at radius 3 is 2.58 bits per heavy atom. The Morgan fingerprint density at radius 1 is 1.10 bits per heavy atom. The van der Waals surface area contributed by atoms with E-state index in [1.807, 2.05) is 13.0 Å². The van der Waals surface area contributed by atoms with Crippen LogP contribution in [0.15, 0.2) is 53.6 Å². The molecule has 0 aromatic heterocycles. The van der Waals surface area contributed by atoms with E-state index in [0.29, 0.717) is 0 Å². The van der Waals surface area contributed by atoms with Crippen molar-refractivity contribution in [3.05, 3.63) is 59.2 Å². The number of allylic oxidation sites excluding steroid dienone is 3. The standard InChI is InChI=1S/C27H33NO3/c1-18-23(29)9-13-27(2)12-8-21-22(26(30)31-25(21)24(18)27)17-28-14-10-20(11-15-28)16-19-6-4-3-5-7-19/h3-7,9,13,20-22,25H,8,10-12,14-17H2,1-2H3/t21-,22?,25-,27-/m0/s1. The van der Waals surface area contributed by atoms with Crippen LogP contribution in [0, 0.1) is 23.2 Å². The zero-order valence-corrected chi connectivity index (χ0v) is 18.7. The highest BCUT2D eigenvalue weighted by Gasteiger charge is 2.54. The van der Waals surface area contributed by atoms with Gasteiger partial charge in [-0.15, -0.1) is 0 Å². The highest BCUT2D eigenvalue weighted by molar-refractivity contribution is 6.05. The zero-order valence-electron chi connectivity index (χ0n) is 18.7. The number of carbonyl (C=O) groups excluding carboxylic acids is 2. The predicted molar refractivity (Wildman–Crippen MR) is 120 cm³/mol. The van der Waals surface area contributed by atoms with E-state index in [-0.39, 0.29) is 35.1 Å². The van der Waals surface area contributed by atoms with Crippen molar-refractivity contribution in [2.24, 2.45) is 23.2 Å². The fourth-order valence-electron chi connectivity index (χ4n) is 6.38. The lowest BCUT2D eigenvalue weighted by Gasteiger charge is -2.43. The van der Waals surface area contributed by atoms with Gasteiger partial charge in [0, 0.05) is 23.5 Å². The van der Waals surface area contributed by atoms with E-state index in [0.717, 1.165) is 56.0 Å². The number of piperidine rings is 1. The molecule has 2 heterocycles. The normalized spacial score (nSPS) is 33.9. The van der Waals surface area contributed by atoms with Gasteiger partial charge in [0.15, 0.2) is 5.78 Å². The van der Waals surface area contributed by atoms with E-state index in [1.54, 1.807) is 6.08 Å². The number of hydrogen-bond acceptors (Lipinski definition) is 4. The summed E-state index contributed by atoms with van der Waals surface area (Å²) in [5.74, 6) is 0.861. The molecule has 0 spiro atoms. The summed E-state index contributed by atoms with van der Waals surface area (Å²) in [7, 11) is 0. The van der Waals surface area contributed by atoms with Crippen molar-refractivity contribution in [1.29, 1.82) is 0 Å². The highest BCUT2D eigenvalue weighted by Crippen LogP contribution is 2.53. The lowest BCUT2D eigenvalue weighted by Crippen LogP contribution is -2.43. The first-order valence-corrected chi connectivity index (χ1v) is 11.9. The molecule has 31 heavy (non-hydrogen) atoms. The van der Waals surface area contributed by atoms with E-state index in [2.05, 4.69) is 42.2 Å². The number of esters is 1. The van der Waals surface area contributed by atoms with Gasteiger partial charge >= 0.3 is 5.97 Å². The molecule has 5 rings (SSSR count). The molecule has 164 valence electrons. The van der Waals surface area contributed by atoms with Crippen LogP contribution in [0.5, 0.6) is 0 Å². The number of nitrogens with zero attached hydrogens (tertiary/aromatic N) is 1. The Kier molecular flexibility index (Phi) is 5.37. The van der Waals surface area contributed by atoms with E-state index in [1.165, 1.54) is 18.4 Å². The van der Waals surface area contributed by atoms with Gasteiger partial charge in [0.05, 0.1) is 5.92 Å². The fraction of sp³-hybridized carbons (Fsp3) is 0.556. The molecule has 1 saturated carbocycles. The number of ether oxygens (including phenoxy) is 1. The molecule has 4 nitrogen and oxygen atoms in total. The minimum Gasteiger partial charge on any atom is -0.457 e. The van der Waals surface area contributed by atoms with Gasteiger partial charge in [0.2, 0.25) is 0 Å². The van der Waals surface area contributed by atoms with Gasteiger partial charge in [-0.2, -0.15) is 0 Å². The van der Waals surface area contributed by atoms with Crippen LogP contribution in [-0.2, 0) is 20.7 Å². The van der Waals surface area contributed by atoms with Crippen LogP contribution in [0.1, 0.15) is 45.1 Å². The molecule has 0 bridgehead atoms. The van der Waals surface area contributed by atoms with Crippen molar-refractivity contribution < 1.29 is 14.3 Å². The Hall–Kier alpha value is -2.20. The summed E-state index contributed by atoms with van der Waals surface area (Å²) < 4.78 is 5.96. The van der Waals surface area contributed by atoms with Gasteiger partial charge < -0.3 is 9.64 Å². The fourth-order valence-corrected chi connectivity index (χ4v) is 6.38. The van der Waals surface area contributed by atoms with Crippen LogP contribution in [-0.4, -0.2) is 42.4 Å². The zero-order chi connectivity index (χ0) is 21.6. The van der Waals surface area contributed by atoms with Crippen molar-refractivity contribution in [1.82, 2.24) is 4.90 Å². The van der Waals surface area contributed by atoms with E-state index in [4.69, 9.17) is 4.74 Å². The SMILES string of the molecule is CC1=C2[C@H]3OC(=O)C(CN4CCC(Cc5ccccc5)CC4)[C@@H]3CC[C@@]2(C)C=CC1=O. The lowest BCUT2D eigenvalue weighted by atomic mass is 9.61. The third-order valence-corrected chi connectivity index (χ3v) is 8.25. The van der Waals surface area contributed by atoms with Crippen LogP contribution in [0.4, 0.5) is 0 Å². The third-order valence-electron chi connectivity index (χ3n) is 8.25. The van der Waals surface area contributed by atoms with Gasteiger partial charge in [-0.3, -0.25) is 9.59 Å². The van der Waals surface area contributed by atoms with Crippen molar-refractivity contribution in [2.45, 2.75) is 52.1 Å². The molecule has 0 radical (unpaired) electrons. The molecule has 3 fully saturated rings. The number of hydrogen-bond donors (Lipinski definition) is 0. The average Bonchev–Trinajstić information content (AvgIpc) is 3.08.